The van der Waals surface area contributed by atoms with Crippen molar-refractivity contribution >= 4 is 5.69 Å². The molecule has 1 unspecified atom stereocenters. The van der Waals surface area contributed by atoms with Crippen LogP contribution in [0.2, 0.25) is 0 Å². The normalized spacial score (nSPS) is 18.3. The van der Waals surface area contributed by atoms with Crippen molar-refractivity contribution in [2.24, 2.45) is 0 Å². The molecular weight excluding hydrogens is 236 g/mol. The number of ether oxygens (including phenoxy) is 1. The highest BCUT2D eigenvalue weighted by Gasteiger charge is 2.18. The zero-order valence-electron chi connectivity index (χ0n) is 12.4. The van der Waals surface area contributed by atoms with Gasteiger partial charge in [-0.1, -0.05) is 19.1 Å². The van der Waals surface area contributed by atoms with E-state index in [4.69, 9.17) is 4.74 Å². The summed E-state index contributed by atoms with van der Waals surface area (Å²) in [4.78, 5) is 2.40. The standard InChI is InChI=1S/C16H26N2O/c1-4-16(17-2)13-5-7-14(8-6-13)18(3)15-9-11-19-12-10-15/h5-8,15-17H,4,9-12H2,1-3H3. The van der Waals surface area contributed by atoms with E-state index in [1.54, 1.807) is 0 Å². The molecule has 2 rings (SSSR count). The maximum absolute atomic E-state index is 5.43. The molecule has 0 saturated carbocycles. The van der Waals surface area contributed by atoms with Crippen LogP contribution >= 0.6 is 0 Å². The lowest BCUT2D eigenvalue weighted by molar-refractivity contribution is 0.0855. The summed E-state index contributed by atoms with van der Waals surface area (Å²) in [5.74, 6) is 0. The number of hydrogen-bond donors (Lipinski definition) is 1. The predicted molar refractivity (Wildman–Crippen MR) is 80.8 cm³/mol. The third kappa shape index (κ3) is 3.48. The van der Waals surface area contributed by atoms with E-state index in [-0.39, 0.29) is 0 Å². The lowest BCUT2D eigenvalue weighted by Crippen LogP contribution is -2.36. The molecule has 106 valence electrons. The molecule has 0 aliphatic carbocycles. The summed E-state index contributed by atoms with van der Waals surface area (Å²) in [5, 5.41) is 3.35. The molecule has 0 aromatic heterocycles. The number of anilines is 1. The fourth-order valence-electron chi connectivity index (χ4n) is 2.83. The van der Waals surface area contributed by atoms with Crippen LogP contribution in [0.1, 0.15) is 37.8 Å². The van der Waals surface area contributed by atoms with E-state index in [0.29, 0.717) is 12.1 Å². The summed E-state index contributed by atoms with van der Waals surface area (Å²) in [6.45, 7) is 4.00. The molecule has 1 aliphatic heterocycles. The average molecular weight is 262 g/mol. The van der Waals surface area contributed by atoms with E-state index >= 15 is 0 Å². The molecule has 19 heavy (non-hydrogen) atoms. The topological polar surface area (TPSA) is 24.5 Å². The van der Waals surface area contributed by atoms with Crippen LogP contribution in [0, 0.1) is 0 Å². The van der Waals surface area contributed by atoms with E-state index < -0.39 is 0 Å². The molecular formula is C16H26N2O. The molecule has 0 amide bonds. The minimum atomic E-state index is 0.461. The van der Waals surface area contributed by atoms with Gasteiger partial charge >= 0.3 is 0 Å². The molecule has 0 spiro atoms. The Morgan fingerprint density at radius 1 is 1.26 bits per heavy atom. The quantitative estimate of drug-likeness (QED) is 0.883. The SMILES string of the molecule is CCC(NC)c1ccc(N(C)C2CCOCC2)cc1. The lowest BCUT2D eigenvalue weighted by Gasteiger charge is -2.33. The summed E-state index contributed by atoms with van der Waals surface area (Å²) >= 11 is 0. The van der Waals surface area contributed by atoms with Crippen LogP contribution in [0.5, 0.6) is 0 Å². The maximum atomic E-state index is 5.43. The van der Waals surface area contributed by atoms with Crippen molar-refractivity contribution in [2.45, 2.75) is 38.3 Å². The first kappa shape index (κ1) is 14.4. The van der Waals surface area contributed by atoms with Gasteiger partial charge in [-0.25, -0.2) is 0 Å². The van der Waals surface area contributed by atoms with E-state index in [9.17, 15) is 0 Å². The van der Waals surface area contributed by atoms with Crippen molar-refractivity contribution in [1.29, 1.82) is 0 Å². The van der Waals surface area contributed by atoms with E-state index in [0.717, 1.165) is 32.5 Å². The highest BCUT2D eigenvalue weighted by Crippen LogP contribution is 2.24. The summed E-state index contributed by atoms with van der Waals surface area (Å²) in [6.07, 6.45) is 3.38. The predicted octanol–water partition coefficient (Wildman–Crippen LogP) is 2.97. The molecule has 0 radical (unpaired) electrons. The summed E-state index contributed by atoms with van der Waals surface area (Å²) < 4.78 is 5.43. The molecule has 1 aromatic carbocycles. The van der Waals surface area contributed by atoms with Gasteiger partial charge in [0, 0.05) is 38.0 Å². The monoisotopic (exact) mass is 262 g/mol. The molecule has 1 aromatic rings. The summed E-state index contributed by atoms with van der Waals surface area (Å²) in [5.41, 5.74) is 2.68. The Bertz CT molecular complexity index is 367. The number of hydrogen-bond acceptors (Lipinski definition) is 3. The average Bonchev–Trinajstić information content (AvgIpc) is 2.49. The molecule has 1 fully saturated rings. The van der Waals surface area contributed by atoms with Crippen LogP contribution in [0.15, 0.2) is 24.3 Å². The van der Waals surface area contributed by atoms with Gasteiger partial charge in [0.05, 0.1) is 0 Å². The zero-order chi connectivity index (χ0) is 13.7. The van der Waals surface area contributed by atoms with Gasteiger partial charge in [-0.2, -0.15) is 0 Å². The van der Waals surface area contributed by atoms with Gasteiger partial charge in [-0.3, -0.25) is 0 Å². The molecule has 0 bridgehead atoms. The van der Waals surface area contributed by atoms with Crippen molar-refractivity contribution in [2.75, 3.05) is 32.2 Å². The van der Waals surface area contributed by atoms with Crippen LogP contribution in [-0.4, -0.2) is 33.4 Å². The first-order chi connectivity index (χ1) is 9.26. The first-order valence-electron chi connectivity index (χ1n) is 7.34. The molecule has 1 saturated heterocycles. The molecule has 1 aliphatic rings. The third-order valence-electron chi connectivity index (χ3n) is 4.20. The minimum Gasteiger partial charge on any atom is -0.381 e. The first-order valence-corrected chi connectivity index (χ1v) is 7.34. The van der Waals surface area contributed by atoms with Crippen molar-refractivity contribution in [3.63, 3.8) is 0 Å². The second-order valence-electron chi connectivity index (χ2n) is 5.30. The smallest absolute Gasteiger partial charge is 0.0485 e. The molecule has 1 heterocycles. The van der Waals surface area contributed by atoms with Gasteiger partial charge in [-0.15, -0.1) is 0 Å². The highest BCUT2D eigenvalue weighted by atomic mass is 16.5. The Morgan fingerprint density at radius 3 is 2.42 bits per heavy atom. The van der Waals surface area contributed by atoms with E-state index in [1.165, 1.54) is 11.3 Å². The van der Waals surface area contributed by atoms with Gasteiger partial charge in [0.2, 0.25) is 0 Å². The van der Waals surface area contributed by atoms with Crippen molar-refractivity contribution in [3.05, 3.63) is 29.8 Å². The lowest BCUT2D eigenvalue weighted by atomic mass is 10.0. The second kappa shape index (κ2) is 6.92. The van der Waals surface area contributed by atoms with Gasteiger partial charge in [0.25, 0.3) is 0 Å². The third-order valence-corrected chi connectivity index (χ3v) is 4.20. The Balaban J connectivity index is 2.04. The number of benzene rings is 1. The van der Waals surface area contributed by atoms with Crippen molar-refractivity contribution in [1.82, 2.24) is 5.32 Å². The van der Waals surface area contributed by atoms with Gasteiger partial charge < -0.3 is 15.0 Å². The highest BCUT2D eigenvalue weighted by molar-refractivity contribution is 5.48. The molecule has 1 atom stereocenters. The minimum absolute atomic E-state index is 0.461. The van der Waals surface area contributed by atoms with Gasteiger partial charge in [0.1, 0.15) is 0 Å². The number of rotatable bonds is 5. The van der Waals surface area contributed by atoms with Crippen LogP contribution in [0.3, 0.4) is 0 Å². The zero-order valence-corrected chi connectivity index (χ0v) is 12.4. The van der Waals surface area contributed by atoms with E-state index in [1.807, 2.05) is 7.05 Å². The number of nitrogens with zero attached hydrogens (tertiary/aromatic N) is 1. The van der Waals surface area contributed by atoms with Crippen molar-refractivity contribution < 1.29 is 4.74 Å². The van der Waals surface area contributed by atoms with Crippen LogP contribution < -0.4 is 10.2 Å². The Labute approximate surface area is 116 Å². The fourth-order valence-corrected chi connectivity index (χ4v) is 2.83. The largest absolute Gasteiger partial charge is 0.381 e. The summed E-state index contributed by atoms with van der Waals surface area (Å²) in [6, 6.07) is 10.1. The fraction of sp³-hybridized carbons (Fsp3) is 0.625. The van der Waals surface area contributed by atoms with Gasteiger partial charge in [-0.05, 0) is 44.0 Å². The van der Waals surface area contributed by atoms with Crippen LogP contribution in [0.25, 0.3) is 0 Å². The molecule has 3 heteroatoms. The Kier molecular flexibility index (Phi) is 5.23. The van der Waals surface area contributed by atoms with E-state index in [2.05, 4.69) is 48.5 Å². The molecule has 3 nitrogen and oxygen atoms in total. The Hall–Kier alpha value is -1.06. The van der Waals surface area contributed by atoms with Crippen molar-refractivity contribution in [3.8, 4) is 0 Å². The number of nitrogens with one attached hydrogen (secondary N) is 1. The Morgan fingerprint density at radius 2 is 1.89 bits per heavy atom. The van der Waals surface area contributed by atoms with Crippen LogP contribution in [0.4, 0.5) is 5.69 Å². The maximum Gasteiger partial charge on any atom is 0.0485 e. The van der Waals surface area contributed by atoms with Gasteiger partial charge in [0.15, 0.2) is 0 Å². The second-order valence-corrected chi connectivity index (χ2v) is 5.30. The molecule has 1 N–H and O–H groups in total. The summed E-state index contributed by atoms with van der Waals surface area (Å²) in [7, 11) is 4.22. The van der Waals surface area contributed by atoms with Crippen LogP contribution in [-0.2, 0) is 4.74 Å².